The number of hydrogen-bond acceptors (Lipinski definition) is 2. The van der Waals surface area contributed by atoms with Gasteiger partial charge in [0, 0.05) is 12.1 Å². The number of aliphatic hydroxyl groups excluding tert-OH is 1. The van der Waals surface area contributed by atoms with E-state index in [1.807, 2.05) is 0 Å². The summed E-state index contributed by atoms with van der Waals surface area (Å²) in [5, 5.41) is 13.0. The van der Waals surface area contributed by atoms with E-state index < -0.39 is 0 Å². The summed E-state index contributed by atoms with van der Waals surface area (Å²) in [5.41, 5.74) is 0.767. The summed E-state index contributed by atoms with van der Waals surface area (Å²) in [6.45, 7) is 3.69. The molecule has 3 rings (SSSR count). The van der Waals surface area contributed by atoms with Gasteiger partial charge in [-0.2, -0.15) is 0 Å². The van der Waals surface area contributed by atoms with Crippen molar-refractivity contribution in [2.45, 2.75) is 51.0 Å². The van der Waals surface area contributed by atoms with E-state index >= 15 is 0 Å². The van der Waals surface area contributed by atoms with Gasteiger partial charge in [-0.05, 0) is 50.5 Å². The molecule has 0 aliphatic heterocycles. The Morgan fingerprint density at radius 1 is 1.08 bits per heavy atom. The number of fused-ring (bicyclic) bond motifs is 3. The first-order valence-corrected chi connectivity index (χ1v) is 5.60. The van der Waals surface area contributed by atoms with Gasteiger partial charge in [0.15, 0.2) is 0 Å². The molecule has 0 aromatic carbocycles. The summed E-state index contributed by atoms with van der Waals surface area (Å²) in [4.78, 5) is 0. The van der Waals surface area contributed by atoms with E-state index in [1.165, 1.54) is 38.5 Å². The van der Waals surface area contributed by atoms with E-state index in [0.717, 1.165) is 6.54 Å². The SMILES string of the molecule is CCNC12CCC(CO)(CC1)CC2. The van der Waals surface area contributed by atoms with Crippen LogP contribution in [0.3, 0.4) is 0 Å². The van der Waals surface area contributed by atoms with Crippen LogP contribution < -0.4 is 5.32 Å². The van der Waals surface area contributed by atoms with Gasteiger partial charge in [-0.3, -0.25) is 0 Å². The Kier molecular flexibility index (Phi) is 2.37. The van der Waals surface area contributed by atoms with Crippen molar-refractivity contribution in [3.8, 4) is 0 Å². The van der Waals surface area contributed by atoms with Gasteiger partial charge in [-0.1, -0.05) is 6.92 Å². The second-order valence-corrected chi connectivity index (χ2v) is 4.97. The molecule has 0 unspecified atom stereocenters. The molecule has 0 aromatic rings. The highest BCUT2D eigenvalue weighted by atomic mass is 16.3. The molecular weight excluding hydrogens is 162 g/mol. The van der Waals surface area contributed by atoms with Crippen LogP contribution in [0.5, 0.6) is 0 Å². The largest absolute Gasteiger partial charge is 0.396 e. The van der Waals surface area contributed by atoms with Gasteiger partial charge in [0.2, 0.25) is 0 Å². The highest BCUT2D eigenvalue weighted by Gasteiger charge is 2.47. The van der Waals surface area contributed by atoms with E-state index in [4.69, 9.17) is 0 Å². The second kappa shape index (κ2) is 3.25. The van der Waals surface area contributed by atoms with Crippen molar-refractivity contribution in [1.82, 2.24) is 5.32 Å². The van der Waals surface area contributed by atoms with E-state index in [0.29, 0.717) is 17.6 Å². The molecule has 2 bridgehead atoms. The Morgan fingerprint density at radius 2 is 1.62 bits per heavy atom. The maximum Gasteiger partial charge on any atom is 0.0487 e. The van der Waals surface area contributed by atoms with Gasteiger partial charge in [0.05, 0.1) is 0 Å². The van der Waals surface area contributed by atoms with Crippen LogP contribution in [-0.2, 0) is 0 Å². The van der Waals surface area contributed by atoms with Crippen LogP contribution in [-0.4, -0.2) is 23.8 Å². The third-order valence-electron chi connectivity index (χ3n) is 4.29. The van der Waals surface area contributed by atoms with Crippen molar-refractivity contribution in [2.75, 3.05) is 13.2 Å². The maximum absolute atomic E-state index is 9.36. The zero-order valence-electron chi connectivity index (χ0n) is 8.60. The molecule has 3 fully saturated rings. The molecule has 76 valence electrons. The van der Waals surface area contributed by atoms with Crippen LogP contribution in [0.1, 0.15) is 45.4 Å². The van der Waals surface area contributed by atoms with Crippen LogP contribution >= 0.6 is 0 Å². The monoisotopic (exact) mass is 183 g/mol. The summed E-state index contributed by atoms with van der Waals surface area (Å²) >= 11 is 0. The smallest absolute Gasteiger partial charge is 0.0487 e. The Balaban J connectivity index is 2.03. The van der Waals surface area contributed by atoms with E-state index in [1.54, 1.807) is 0 Å². The topological polar surface area (TPSA) is 32.3 Å². The van der Waals surface area contributed by atoms with Gasteiger partial charge >= 0.3 is 0 Å². The first kappa shape index (κ1) is 9.47. The van der Waals surface area contributed by atoms with Crippen LogP contribution in [0.15, 0.2) is 0 Å². The highest BCUT2D eigenvalue weighted by molar-refractivity contribution is 5.03. The summed E-state index contributed by atoms with van der Waals surface area (Å²) < 4.78 is 0. The average Bonchev–Trinajstić information content (AvgIpc) is 2.21. The number of hydrogen-bond donors (Lipinski definition) is 2. The van der Waals surface area contributed by atoms with Crippen molar-refractivity contribution in [3.05, 3.63) is 0 Å². The third kappa shape index (κ3) is 1.50. The average molecular weight is 183 g/mol. The predicted octanol–water partition coefficient (Wildman–Crippen LogP) is 1.68. The molecule has 0 heterocycles. The molecule has 0 radical (unpaired) electrons. The number of rotatable bonds is 3. The summed E-state index contributed by atoms with van der Waals surface area (Å²) in [5.74, 6) is 0. The molecule has 0 atom stereocenters. The Bertz CT molecular complexity index is 166. The van der Waals surface area contributed by atoms with Crippen LogP contribution in [0.4, 0.5) is 0 Å². The lowest BCUT2D eigenvalue weighted by atomic mass is 9.57. The molecule has 2 nitrogen and oxygen atoms in total. The molecule has 13 heavy (non-hydrogen) atoms. The minimum atomic E-state index is 0.317. The Hall–Kier alpha value is -0.0800. The molecule has 3 aliphatic rings. The minimum Gasteiger partial charge on any atom is -0.396 e. The highest BCUT2D eigenvalue weighted by Crippen LogP contribution is 2.51. The Labute approximate surface area is 80.7 Å². The molecule has 2 N–H and O–H groups in total. The normalized spacial score (nSPS) is 43.8. The van der Waals surface area contributed by atoms with Gasteiger partial charge in [-0.25, -0.2) is 0 Å². The molecule has 0 saturated heterocycles. The first-order chi connectivity index (χ1) is 6.24. The molecular formula is C11H21NO. The standard InChI is InChI=1S/C11H21NO/c1-2-12-11-6-3-10(9-13,4-7-11)5-8-11/h12-13H,2-9H2,1H3. The number of aliphatic hydroxyl groups is 1. The van der Waals surface area contributed by atoms with Gasteiger partial charge < -0.3 is 10.4 Å². The summed E-state index contributed by atoms with van der Waals surface area (Å²) in [6, 6.07) is 0. The molecule has 0 amide bonds. The van der Waals surface area contributed by atoms with Crippen molar-refractivity contribution in [1.29, 1.82) is 0 Å². The fourth-order valence-electron chi connectivity index (χ4n) is 3.14. The minimum absolute atomic E-state index is 0.317. The van der Waals surface area contributed by atoms with Crippen molar-refractivity contribution in [3.63, 3.8) is 0 Å². The fourth-order valence-corrected chi connectivity index (χ4v) is 3.14. The second-order valence-electron chi connectivity index (χ2n) is 4.97. The van der Waals surface area contributed by atoms with E-state index in [9.17, 15) is 5.11 Å². The zero-order valence-corrected chi connectivity index (χ0v) is 8.60. The quantitative estimate of drug-likeness (QED) is 0.697. The van der Waals surface area contributed by atoms with Gasteiger partial charge in [-0.15, -0.1) is 0 Å². The van der Waals surface area contributed by atoms with Crippen molar-refractivity contribution in [2.24, 2.45) is 5.41 Å². The van der Waals surface area contributed by atoms with Crippen LogP contribution in [0.25, 0.3) is 0 Å². The molecule has 2 heteroatoms. The van der Waals surface area contributed by atoms with Crippen LogP contribution in [0, 0.1) is 5.41 Å². The third-order valence-corrected chi connectivity index (χ3v) is 4.29. The van der Waals surface area contributed by atoms with Crippen molar-refractivity contribution < 1.29 is 5.11 Å². The predicted molar refractivity (Wildman–Crippen MR) is 53.6 cm³/mol. The fraction of sp³-hybridized carbons (Fsp3) is 1.00. The van der Waals surface area contributed by atoms with E-state index in [2.05, 4.69) is 12.2 Å². The van der Waals surface area contributed by atoms with Gasteiger partial charge in [0.25, 0.3) is 0 Å². The zero-order chi connectivity index (χ0) is 9.36. The number of nitrogens with one attached hydrogen (secondary N) is 1. The summed E-state index contributed by atoms with van der Waals surface area (Å²) in [7, 11) is 0. The van der Waals surface area contributed by atoms with E-state index in [-0.39, 0.29) is 0 Å². The molecule has 3 saturated carbocycles. The lowest BCUT2D eigenvalue weighted by Crippen LogP contribution is -2.55. The molecule has 3 aliphatic carbocycles. The lowest BCUT2D eigenvalue weighted by molar-refractivity contribution is -0.0165. The lowest BCUT2D eigenvalue weighted by Gasteiger charge is -2.53. The Morgan fingerprint density at radius 3 is 2.00 bits per heavy atom. The molecule has 0 aromatic heterocycles. The molecule has 0 spiro atoms. The summed E-state index contributed by atoms with van der Waals surface area (Å²) in [6.07, 6.45) is 7.54. The van der Waals surface area contributed by atoms with Crippen LogP contribution in [0.2, 0.25) is 0 Å². The van der Waals surface area contributed by atoms with Gasteiger partial charge in [0.1, 0.15) is 0 Å². The maximum atomic E-state index is 9.36. The first-order valence-electron chi connectivity index (χ1n) is 5.60. The van der Waals surface area contributed by atoms with Crippen molar-refractivity contribution >= 4 is 0 Å².